The molecular weight excluding hydrogens is 266 g/mol. The van der Waals surface area contributed by atoms with Crippen molar-refractivity contribution in [3.8, 4) is 5.75 Å². The average molecular weight is 280 g/mol. The molecule has 2 rings (SSSR count). The zero-order valence-electron chi connectivity index (χ0n) is 10.9. The monoisotopic (exact) mass is 279 g/mol. The van der Waals surface area contributed by atoms with Gasteiger partial charge in [-0.1, -0.05) is 17.7 Å². The van der Waals surface area contributed by atoms with Gasteiger partial charge < -0.3 is 9.84 Å². The lowest BCUT2D eigenvalue weighted by atomic mass is 10.1. The number of halogens is 1. The molecule has 0 aliphatic rings. The predicted molar refractivity (Wildman–Crippen MR) is 74.0 cm³/mol. The standard InChI is InChI=1S/C14H14ClNO3/c1-7-4-5-10(15)12-11(19-9(3)14(17)18)6-8(2)16-13(7)12/h4-6,9H,1-3H3,(H,17,18). The molecule has 0 saturated carbocycles. The number of benzene rings is 1. The molecule has 0 fully saturated rings. The Morgan fingerprint density at radius 3 is 2.74 bits per heavy atom. The van der Waals surface area contributed by atoms with E-state index in [9.17, 15) is 4.79 Å². The first-order valence-electron chi connectivity index (χ1n) is 5.86. The van der Waals surface area contributed by atoms with Crippen LogP contribution in [0.2, 0.25) is 5.02 Å². The molecule has 1 atom stereocenters. The second-order valence-electron chi connectivity index (χ2n) is 4.45. The summed E-state index contributed by atoms with van der Waals surface area (Å²) in [7, 11) is 0. The number of pyridine rings is 1. The summed E-state index contributed by atoms with van der Waals surface area (Å²) in [5, 5.41) is 10.1. The highest BCUT2D eigenvalue weighted by atomic mass is 35.5. The highest BCUT2D eigenvalue weighted by Crippen LogP contribution is 2.34. The number of aromatic nitrogens is 1. The minimum Gasteiger partial charge on any atom is -0.479 e. The highest BCUT2D eigenvalue weighted by molar-refractivity contribution is 6.36. The third-order valence-electron chi connectivity index (χ3n) is 2.85. The van der Waals surface area contributed by atoms with Crippen LogP contribution in [0, 0.1) is 13.8 Å². The second-order valence-corrected chi connectivity index (χ2v) is 4.86. The van der Waals surface area contributed by atoms with Crippen molar-refractivity contribution in [3.63, 3.8) is 0 Å². The molecule has 5 heteroatoms. The van der Waals surface area contributed by atoms with Gasteiger partial charge in [0.2, 0.25) is 0 Å². The van der Waals surface area contributed by atoms with Crippen molar-refractivity contribution in [1.82, 2.24) is 4.98 Å². The summed E-state index contributed by atoms with van der Waals surface area (Å²) in [5.74, 6) is -0.572. The van der Waals surface area contributed by atoms with Crippen LogP contribution in [-0.4, -0.2) is 22.2 Å². The third-order valence-corrected chi connectivity index (χ3v) is 3.17. The minimum atomic E-state index is -1.02. The first kappa shape index (κ1) is 13.6. The maximum Gasteiger partial charge on any atom is 0.344 e. The molecule has 0 aliphatic carbocycles. The lowest BCUT2D eigenvalue weighted by molar-refractivity contribution is -0.144. The molecule has 0 saturated heterocycles. The number of carboxylic acid groups (broad SMARTS) is 1. The van der Waals surface area contributed by atoms with Gasteiger partial charge in [-0.15, -0.1) is 0 Å². The Bertz CT molecular complexity index is 655. The lowest BCUT2D eigenvalue weighted by Gasteiger charge is -2.15. The number of hydrogen-bond donors (Lipinski definition) is 1. The predicted octanol–water partition coefficient (Wildman–Crippen LogP) is 3.36. The number of ether oxygens (including phenoxy) is 1. The van der Waals surface area contributed by atoms with E-state index in [-0.39, 0.29) is 0 Å². The first-order chi connectivity index (χ1) is 8.90. The number of carboxylic acids is 1. The smallest absolute Gasteiger partial charge is 0.344 e. The summed E-state index contributed by atoms with van der Waals surface area (Å²) in [4.78, 5) is 15.3. The van der Waals surface area contributed by atoms with Gasteiger partial charge in [-0.2, -0.15) is 0 Å². The van der Waals surface area contributed by atoms with E-state index < -0.39 is 12.1 Å². The molecule has 0 radical (unpaired) electrons. The zero-order valence-corrected chi connectivity index (χ0v) is 11.7. The fraction of sp³-hybridized carbons (Fsp3) is 0.286. The van der Waals surface area contributed by atoms with E-state index >= 15 is 0 Å². The zero-order chi connectivity index (χ0) is 14.2. The van der Waals surface area contributed by atoms with E-state index in [0.29, 0.717) is 16.2 Å². The number of nitrogens with zero attached hydrogens (tertiary/aromatic N) is 1. The number of aryl methyl sites for hydroxylation is 2. The molecule has 0 bridgehead atoms. The van der Waals surface area contributed by atoms with E-state index in [4.69, 9.17) is 21.4 Å². The Balaban J connectivity index is 2.66. The minimum absolute atomic E-state index is 0.450. The van der Waals surface area contributed by atoms with Crippen molar-refractivity contribution in [1.29, 1.82) is 0 Å². The van der Waals surface area contributed by atoms with Gasteiger partial charge in [0.25, 0.3) is 0 Å². The lowest BCUT2D eigenvalue weighted by Crippen LogP contribution is -2.23. The Morgan fingerprint density at radius 2 is 2.11 bits per heavy atom. The normalized spacial score (nSPS) is 12.4. The van der Waals surface area contributed by atoms with Gasteiger partial charge in [0, 0.05) is 11.8 Å². The van der Waals surface area contributed by atoms with E-state index in [1.165, 1.54) is 6.92 Å². The van der Waals surface area contributed by atoms with Crippen molar-refractivity contribution in [2.24, 2.45) is 0 Å². The molecule has 0 amide bonds. The van der Waals surface area contributed by atoms with Crippen LogP contribution in [-0.2, 0) is 4.79 Å². The summed E-state index contributed by atoms with van der Waals surface area (Å²) in [6, 6.07) is 5.34. The van der Waals surface area contributed by atoms with Crippen molar-refractivity contribution in [2.45, 2.75) is 26.9 Å². The van der Waals surface area contributed by atoms with Crippen LogP contribution >= 0.6 is 11.6 Å². The molecule has 1 heterocycles. The van der Waals surface area contributed by atoms with Gasteiger partial charge in [0.15, 0.2) is 6.10 Å². The van der Waals surface area contributed by atoms with Crippen LogP contribution in [0.1, 0.15) is 18.2 Å². The Hall–Kier alpha value is -1.81. The molecule has 1 aromatic heterocycles. The molecule has 0 aliphatic heterocycles. The Morgan fingerprint density at radius 1 is 1.42 bits per heavy atom. The largest absolute Gasteiger partial charge is 0.479 e. The van der Waals surface area contributed by atoms with Gasteiger partial charge in [-0.3, -0.25) is 4.98 Å². The van der Waals surface area contributed by atoms with E-state index in [2.05, 4.69) is 4.98 Å². The van der Waals surface area contributed by atoms with Gasteiger partial charge in [0.05, 0.1) is 15.9 Å². The van der Waals surface area contributed by atoms with E-state index in [0.717, 1.165) is 16.8 Å². The number of aliphatic carboxylic acids is 1. The molecule has 1 aromatic carbocycles. The van der Waals surface area contributed by atoms with Crippen LogP contribution in [0.3, 0.4) is 0 Å². The number of carbonyl (C=O) groups is 1. The molecular formula is C14H14ClNO3. The summed E-state index contributed by atoms with van der Waals surface area (Å²) in [5.41, 5.74) is 2.46. The SMILES string of the molecule is Cc1cc(OC(C)C(=O)O)c2c(Cl)ccc(C)c2n1. The molecule has 0 spiro atoms. The highest BCUT2D eigenvalue weighted by Gasteiger charge is 2.17. The topological polar surface area (TPSA) is 59.4 Å². The fourth-order valence-electron chi connectivity index (χ4n) is 1.85. The maximum absolute atomic E-state index is 10.9. The van der Waals surface area contributed by atoms with Gasteiger partial charge >= 0.3 is 5.97 Å². The second kappa shape index (κ2) is 5.05. The molecule has 1 N–H and O–H groups in total. The third kappa shape index (κ3) is 2.63. The van der Waals surface area contributed by atoms with Crippen LogP contribution in [0.5, 0.6) is 5.75 Å². The average Bonchev–Trinajstić information content (AvgIpc) is 2.33. The van der Waals surface area contributed by atoms with Crippen molar-refractivity contribution < 1.29 is 14.6 Å². The number of hydrogen-bond acceptors (Lipinski definition) is 3. The first-order valence-corrected chi connectivity index (χ1v) is 6.24. The molecule has 1 unspecified atom stereocenters. The molecule has 19 heavy (non-hydrogen) atoms. The van der Waals surface area contributed by atoms with E-state index in [1.807, 2.05) is 19.9 Å². The quantitative estimate of drug-likeness (QED) is 0.936. The van der Waals surface area contributed by atoms with Gasteiger partial charge in [0.1, 0.15) is 5.75 Å². The maximum atomic E-state index is 10.9. The van der Waals surface area contributed by atoms with Crippen LogP contribution in [0.25, 0.3) is 10.9 Å². The molecule has 100 valence electrons. The summed E-state index contributed by atoms with van der Waals surface area (Å²) in [6.45, 7) is 5.24. The van der Waals surface area contributed by atoms with Crippen LogP contribution in [0.4, 0.5) is 0 Å². The van der Waals surface area contributed by atoms with Crippen molar-refractivity contribution >= 4 is 28.5 Å². The van der Waals surface area contributed by atoms with Crippen LogP contribution < -0.4 is 4.74 Å². The molecule has 2 aromatic rings. The summed E-state index contributed by atoms with van der Waals surface area (Å²) < 4.78 is 5.48. The molecule has 4 nitrogen and oxygen atoms in total. The Kier molecular flexibility index (Phi) is 3.62. The van der Waals surface area contributed by atoms with E-state index in [1.54, 1.807) is 12.1 Å². The number of fused-ring (bicyclic) bond motifs is 1. The number of rotatable bonds is 3. The van der Waals surface area contributed by atoms with Crippen LogP contribution in [0.15, 0.2) is 18.2 Å². The van der Waals surface area contributed by atoms with Gasteiger partial charge in [-0.05, 0) is 32.4 Å². The summed E-state index contributed by atoms with van der Waals surface area (Å²) in [6.07, 6.45) is -0.943. The van der Waals surface area contributed by atoms with Crippen molar-refractivity contribution in [3.05, 3.63) is 34.5 Å². The van der Waals surface area contributed by atoms with Crippen molar-refractivity contribution in [2.75, 3.05) is 0 Å². The fourth-order valence-corrected chi connectivity index (χ4v) is 2.10. The Labute approximate surface area is 116 Å². The van der Waals surface area contributed by atoms with Gasteiger partial charge in [-0.25, -0.2) is 4.79 Å². The summed E-state index contributed by atoms with van der Waals surface area (Å²) >= 11 is 6.18.